The molecule has 0 heterocycles. The van der Waals surface area contributed by atoms with E-state index in [1.54, 1.807) is 26.0 Å². The number of aryl methyl sites for hydroxylation is 1. The molecule has 1 aromatic rings. The molecule has 0 amide bonds. The Labute approximate surface area is 108 Å². The summed E-state index contributed by atoms with van der Waals surface area (Å²) in [5.74, 6) is 0. The highest BCUT2D eigenvalue weighted by molar-refractivity contribution is 7.89. The van der Waals surface area contributed by atoms with Crippen molar-refractivity contribution in [2.45, 2.75) is 37.6 Å². The van der Waals surface area contributed by atoms with Gasteiger partial charge in [0.05, 0.1) is 4.90 Å². The molecule has 0 saturated heterocycles. The van der Waals surface area contributed by atoms with Crippen LogP contribution in [0.25, 0.3) is 0 Å². The highest BCUT2D eigenvalue weighted by Crippen LogP contribution is 2.18. The van der Waals surface area contributed by atoms with Gasteiger partial charge in [0.25, 0.3) is 0 Å². The van der Waals surface area contributed by atoms with Gasteiger partial charge >= 0.3 is 0 Å². The maximum Gasteiger partial charge on any atom is 0.241 e. The molecule has 6 heteroatoms. The van der Waals surface area contributed by atoms with Crippen LogP contribution in [0.4, 0.5) is 5.69 Å². The molecular weight excluding hydrogens is 252 g/mol. The second kappa shape index (κ2) is 6.17. The van der Waals surface area contributed by atoms with E-state index in [4.69, 9.17) is 10.8 Å². The molecule has 0 aliphatic carbocycles. The van der Waals surface area contributed by atoms with E-state index in [1.807, 2.05) is 0 Å². The van der Waals surface area contributed by atoms with Crippen LogP contribution in [0.1, 0.15) is 25.3 Å². The molecule has 0 bridgehead atoms. The number of benzene rings is 1. The van der Waals surface area contributed by atoms with Crippen LogP contribution in [0.15, 0.2) is 23.1 Å². The summed E-state index contributed by atoms with van der Waals surface area (Å²) in [7, 11) is -3.52. The number of nitrogens with two attached hydrogens (primary N) is 1. The average Bonchev–Trinajstić information content (AvgIpc) is 2.25. The Kier molecular flexibility index (Phi) is 5.13. The summed E-state index contributed by atoms with van der Waals surface area (Å²) in [6.45, 7) is 3.55. The molecule has 18 heavy (non-hydrogen) atoms. The Morgan fingerprint density at radius 2 is 2.11 bits per heavy atom. The molecule has 0 radical (unpaired) electrons. The number of aliphatic hydroxyl groups is 1. The molecule has 0 aliphatic heterocycles. The standard InChI is InChI=1S/C12H20N2O3S/c1-9-8-11(13)5-6-12(9)18(16,17)14-10(2)4-3-7-15/h5-6,8,10,14-15H,3-4,7,13H2,1-2H3. The van der Waals surface area contributed by atoms with Gasteiger partial charge in [-0.05, 0) is 50.5 Å². The number of anilines is 1. The maximum absolute atomic E-state index is 12.1. The molecule has 1 aromatic carbocycles. The van der Waals surface area contributed by atoms with Crippen LogP contribution in [0.2, 0.25) is 0 Å². The van der Waals surface area contributed by atoms with Crippen LogP contribution in [0.3, 0.4) is 0 Å². The fraction of sp³-hybridized carbons (Fsp3) is 0.500. The number of aliphatic hydroxyl groups excluding tert-OH is 1. The lowest BCUT2D eigenvalue weighted by Crippen LogP contribution is -2.33. The normalized spacial score (nSPS) is 13.5. The van der Waals surface area contributed by atoms with Gasteiger partial charge in [0.15, 0.2) is 0 Å². The summed E-state index contributed by atoms with van der Waals surface area (Å²) in [5, 5.41) is 8.71. The largest absolute Gasteiger partial charge is 0.399 e. The van der Waals surface area contributed by atoms with Gasteiger partial charge in [-0.3, -0.25) is 0 Å². The van der Waals surface area contributed by atoms with E-state index in [0.29, 0.717) is 24.1 Å². The number of rotatable bonds is 6. The monoisotopic (exact) mass is 272 g/mol. The first kappa shape index (κ1) is 14.9. The number of hydrogen-bond donors (Lipinski definition) is 3. The molecule has 1 rings (SSSR count). The minimum absolute atomic E-state index is 0.0625. The molecule has 0 saturated carbocycles. The Balaban J connectivity index is 2.86. The zero-order valence-corrected chi connectivity index (χ0v) is 11.5. The molecule has 0 fully saturated rings. The number of nitrogens with one attached hydrogen (secondary N) is 1. The second-order valence-corrected chi connectivity index (χ2v) is 6.10. The van der Waals surface area contributed by atoms with Crippen LogP contribution in [-0.4, -0.2) is 26.2 Å². The van der Waals surface area contributed by atoms with Gasteiger partial charge in [-0.2, -0.15) is 0 Å². The number of nitrogen functional groups attached to an aromatic ring is 1. The fourth-order valence-electron chi connectivity index (χ4n) is 1.76. The zero-order chi connectivity index (χ0) is 13.8. The van der Waals surface area contributed by atoms with E-state index < -0.39 is 10.0 Å². The van der Waals surface area contributed by atoms with Crippen molar-refractivity contribution in [3.63, 3.8) is 0 Å². The van der Waals surface area contributed by atoms with Crippen LogP contribution in [0, 0.1) is 6.92 Å². The molecule has 102 valence electrons. The Bertz CT molecular complexity index is 500. The van der Waals surface area contributed by atoms with Crippen molar-refractivity contribution in [2.75, 3.05) is 12.3 Å². The minimum Gasteiger partial charge on any atom is -0.399 e. The SMILES string of the molecule is Cc1cc(N)ccc1S(=O)(=O)NC(C)CCCO. The van der Waals surface area contributed by atoms with E-state index in [1.165, 1.54) is 6.07 Å². The second-order valence-electron chi connectivity index (χ2n) is 4.41. The summed E-state index contributed by atoms with van der Waals surface area (Å²) in [4.78, 5) is 0.243. The minimum atomic E-state index is -3.52. The molecule has 1 unspecified atom stereocenters. The molecule has 0 spiro atoms. The van der Waals surface area contributed by atoms with Crippen molar-refractivity contribution >= 4 is 15.7 Å². The van der Waals surface area contributed by atoms with Gasteiger partial charge < -0.3 is 10.8 Å². The van der Waals surface area contributed by atoms with Crippen LogP contribution < -0.4 is 10.5 Å². The van der Waals surface area contributed by atoms with E-state index >= 15 is 0 Å². The van der Waals surface area contributed by atoms with Crippen molar-refractivity contribution in [3.05, 3.63) is 23.8 Å². The smallest absolute Gasteiger partial charge is 0.241 e. The summed E-state index contributed by atoms with van der Waals surface area (Å²) >= 11 is 0. The first-order valence-corrected chi connectivity index (χ1v) is 7.34. The summed E-state index contributed by atoms with van der Waals surface area (Å²) in [6, 6.07) is 4.50. The zero-order valence-electron chi connectivity index (χ0n) is 10.7. The van der Waals surface area contributed by atoms with Crippen molar-refractivity contribution < 1.29 is 13.5 Å². The van der Waals surface area contributed by atoms with Crippen molar-refractivity contribution in [3.8, 4) is 0 Å². The lowest BCUT2D eigenvalue weighted by Gasteiger charge is -2.15. The summed E-state index contributed by atoms with van der Waals surface area (Å²) < 4.78 is 26.8. The van der Waals surface area contributed by atoms with E-state index in [0.717, 1.165) is 0 Å². The topological polar surface area (TPSA) is 92.4 Å². The lowest BCUT2D eigenvalue weighted by atomic mass is 10.2. The van der Waals surface area contributed by atoms with Crippen molar-refractivity contribution in [2.24, 2.45) is 0 Å². The third kappa shape index (κ3) is 3.97. The van der Waals surface area contributed by atoms with Crippen LogP contribution >= 0.6 is 0 Å². The Morgan fingerprint density at radius 1 is 1.44 bits per heavy atom. The first-order valence-electron chi connectivity index (χ1n) is 5.86. The molecule has 5 nitrogen and oxygen atoms in total. The number of hydrogen-bond acceptors (Lipinski definition) is 4. The van der Waals surface area contributed by atoms with Gasteiger partial charge in [0, 0.05) is 18.3 Å². The third-order valence-corrected chi connectivity index (χ3v) is 4.39. The van der Waals surface area contributed by atoms with Crippen LogP contribution in [0.5, 0.6) is 0 Å². The molecular formula is C12H20N2O3S. The highest BCUT2D eigenvalue weighted by atomic mass is 32.2. The fourth-order valence-corrected chi connectivity index (χ4v) is 3.26. The molecule has 0 aromatic heterocycles. The predicted octanol–water partition coefficient (Wildman–Crippen LogP) is 1.02. The van der Waals surface area contributed by atoms with Gasteiger partial charge in [-0.1, -0.05) is 0 Å². The third-order valence-electron chi connectivity index (χ3n) is 2.64. The van der Waals surface area contributed by atoms with E-state index in [9.17, 15) is 8.42 Å². The predicted molar refractivity (Wildman–Crippen MR) is 71.7 cm³/mol. The van der Waals surface area contributed by atoms with Crippen molar-refractivity contribution in [1.29, 1.82) is 0 Å². The van der Waals surface area contributed by atoms with Gasteiger partial charge in [-0.15, -0.1) is 0 Å². The van der Waals surface area contributed by atoms with Gasteiger partial charge in [-0.25, -0.2) is 13.1 Å². The van der Waals surface area contributed by atoms with Gasteiger partial charge in [0.2, 0.25) is 10.0 Å². The molecule has 1 atom stereocenters. The average molecular weight is 272 g/mol. The van der Waals surface area contributed by atoms with Crippen molar-refractivity contribution in [1.82, 2.24) is 4.72 Å². The Morgan fingerprint density at radius 3 is 2.67 bits per heavy atom. The quantitative estimate of drug-likeness (QED) is 0.674. The van der Waals surface area contributed by atoms with E-state index in [2.05, 4.69) is 4.72 Å². The van der Waals surface area contributed by atoms with Crippen LogP contribution in [-0.2, 0) is 10.0 Å². The van der Waals surface area contributed by atoms with E-state index in [-0.39, 0.29) is 17.5 Å². The molecule has 0 aliphatic rings. The highest BCUT2D eigenvalue weighted by Gasteiger charge is 2.19. The Hall–Kier alpha value is -1.11. The molecule has 4 N–H and O–H groups in total. The van der Waals surface area contributed by atoms with Gasteiger partial charge in [0.1, 0.15) is 0 Å². The maximum atomic E-state index is 12.1. The summed E-state index contributed by atoms with van der Waals surface area (Å²) in [6.07, 6.45) is 1.17. The summed E-state index contributed by atoms with van der Waals surface area (Å²) in [5.41, 5.74) is 6.76. The number of sulfonamides is 1. The first-order chi connectivity index (χ1) is 8.36. The lowest BCUT2D eigenvalue weighted by molar-refractivity contribution is 0.279.